The van der Waals surface area contributed by atoms with Crippen molar-refractivity contribution >= 4 is 18.1 Å². The maximum absolute atomic E-state index is 14.9. The fourth-order valence-electron chi connectivity index (χ4n) is 6.19. The van der Waals surface area contributed by atoms with E-state index in [1.165, 1.54) is 10.5 Å². The van der Waals surface area contributed by atoms with Crippen LogP contribution >= 0.6 is 0 Å². The number of amides is 1. The number of hydrogen-bond donors (Lipinski definition) is 1. The normalized spacial score (nSPS) is 38.8. The number of rotatable bonds is 2. The molecule has 0 bridgehead atoms. The minimum absolute atomic E-state index is 0.0493. The van der Waals surface area contributed by atoms with Gasteiger partial charge in [-0.1, -0.05) is 13.0 Å². The molecular weight excluding hydrogens is 399 g/mol. The molecule has 6 nitrogen and oxygen atoms in total. The summed E-state index contributed by atoms with van der Waals surface area (Å²) < 4.78 is 19.8. The number of allylic oxidation sites excluding steroid dienone is 5. The second-order valence-electron chi connectivity index (χ2n) is 9.24. The lowest BCUT2D eigenvalue weighted by Gasteiger charge is -2.36. The number of likely N-dealkylation sites (N-methyl/N-ethyl adjacent to an activating group) is 1. The van der Waals surface area contributed by atoms with Crippen molar-refractivity contribution in [2.24, 2.45) is 22.2 Å². The number of aliphatic imine (C=N–C) groups is 1. The van der Waals surface area contributed by atoms with Gasteiger partial charge in [0.1, 0.15) is 12.4 Å². The Bertz CT molecular complexity index is 1040. The first-order chi connectivity index (χ1) is 14.8. The summed E-state index contributed by atoms with van der Waals surface area (Å²) in [5, 5.41) is 10.2. The molecule has 5 rings (SSSR count). The zero-order valence-electron chi connectivity index (χ0n) is 18.0. The number of esters is 1. The van der Waals surface area contributed by atoms with Crippen LogP contribution in [0.5, 0.6) is 0 Å². The van der Waals surface area contributed by atoms with Crippen molar-refractivity contribution in [2.75, 3.05) is 13.7 Å². The number of aliphatic hydroxyl groups excluding tert-OH is 1. The number of cyclic esters (lactones) is 1. The van der Waals surface area contributed by atoms with Gasteiger partial charge in [0.2, 0.25) is 0 Å². The molecule has 4 unspecified atom stereocenters. The van der Waals surface area contributed by atoms with Gasteiger partial charge in [0.05, 0.1) is 17.3 Å². The zero-order valence-corrected chi connectivity index (χ0v) is 18.0. The second kappa shape index (κ2) is 6.99. The Morgan fingerprint density at radius 1 is 1.39 bits per heavy atom. The molecule has 164 valence electrons. The molecule has 2 fully saturated rings. The third-order valence-electron chi connectivity index (χ3n) is 7.95. The number of halogens is 1. The predicted molar refractivity (Wildman–Crippen MR) is 113 cm³/mol. The van der Waals surface area contributed by atoms with Crippen molar-refractivity contribution in [1.82, 2.24) is 4.90 Å². The van der Waals surface area contributed by atoms with E-state index in [9.17, 15) is 19.1 Å². The Labute approximate surface area is 180 Å². The summed E-state index contributed by atoms with van der Waals surface area (Å²) in [7, 11) is 1.67. The zero-order chi connectivity index (χ0) is 22.1. The average molecular weight is 426 g/mol. The Morgan fingerprint density at radius 3 is 2.90 bits per heavy atom. The number of carbonyl (C=O) groups is 2. The number of carbonyl (C=O) groups excluding carboxylic acids is 2. The summed E-state index contributed by atoms with van der Waals surface area (Å²) in [4.78, 5) is 30.8. The predicted octanol–water partition coefficient (Wildman–Crippen LogP) is 3.01. The highest BCUT2D eigenvalue weighted by Gasteiger charge is 2.68. The van der Waals surface area contributed by atoms with E-state index in [-0.39, 0.29) is 35.6 Å². The molecule has 0 saturated heterocycles. The molecule has 1 N–H and O–H groups in total. The maximum atomic E-state index is 14.9. The topological polar surface area (TPSA) is 79.2 Å². The molecule has 2 saturated carbocycles. The Morgan fingerprint density at radius 2 is 2.16 bits per heavy atom. The minimum atomic E-state index is -1.42. The number of ether oxygens (including phenoxy) is 1. The van der Waals surface area contributed by atoms with E-state index >= 15 is 0 Å². The van der Waals surface area contributed by atoms with Gasteiger partial charge in [0, 0.05) is 24.6 Å². The van der Waals surface area contributed by atoms with Crippen molar-refractivity contribution < 1.29 is 23.8 Å². The SMILES string of the molecule is C/C=C1\CCCC23C1=C(N=CC1CC4=C(COC(=O)C4O)C(=O)N1C)C=C(F)[C@@H]2C3C. The van der Waals surface area contributed by atoms with Crippen LogP contribution in [-0.2, 0) is 14.3 Å². The van der Waals surface area contributed by atoms with Gasteiger partial charge in [0.15, 0.2) is 6.10 Å². The average Bonchev–Trinajstić information content (AvgIpc) is 3.35. The highest BCUT2D eigenvalue weighted by atomic mass is 19.1. The molecule has 0 aromatic rings. The van der Waals surface area contributed by atoms with Gasteiger partial charge in [-0.2, -0.15) is 0 Å². The monoisotopic (exact) mass is 426 g/mol. The lowest BCUT2D eigenvalue weighted by molar-refractivity contribution is -0.153. The summed E-state index contributed by atoms with van der Waals surface area (Å²) in [6, 6.07) is -0.431. The van der Waals surface area contributed by atoms with Gasteiger partial charge < -0.3 is 14.7 Å². The maximum Gasteiger partial charge on any atom is 0.339 e. The van der Waals surface area contributed by atoms with E-state index in [4.69, 9.17) is 9.73 Å². The molecule has 0 aromatic carbocycles. The fourth-order valence-corrected chi connectivity index (χ4v) is 6.19. The van der Waals surface area contributed by atoms with Crippen LogP contribution in [0.4, 0.5) is 4.39 Å². The van der Waals surface area contributed by atoms with Gasteiger partial charge in [0.25, 0.3) is 5.91 Å². The highest BCUT2D eigenvalue weighted by molar-refractivity contribution is 6.00. The van der Waals surface area contributed by atoms with E-state index in [2.05, 4.69) is 13.0 Å². The van der Waals surface area contributed by atoms with Crippen LogP contribution in [0.25, 0.3) is 0 Å². The van der Waals surface area contributed by atoms with Crippen molar-refractivity contribution in [3.63, 3.8) is 0 Å². The summed E-state index contributed by atoms with van der Waals surface area (Å²) in [6.45, 7) is 4.02. The molecule has 5 atom stereocenters. The van der Waals surface area contributed by atoms with Crippen LogP contribution in [0.2, 0.25) is 0 Å². The van der Waals surface area contributed by atoms with Crippen molar-refractivity contribution in [2.45, 2.75) is 51.7 Å². The van der Waals surface area contributed by atoms with E-state index < -0.39 is 18.1 Å². The minimum Gasteiger partial charge on any atom is -0.458 e. The first-order valence-corrected chi connectivity index (χ1v) is 11.0. The summed E-state index contributed by atoms with van der Waals surface area (Å²) in [5.74, 6) is -0.913. The van der Waals surface area contributed by atoms with E-state index in [0.717, 1.165) is 24.8 Å². The van der Waals surface area contributed by atoms with Crippen LogP contribution in [0.3, 0.4) is 0 Å². The Kier molecular flexibility index (Phi) is 4.59. The van der Waals surface area contributed by atoms with Crippen LogP contribution < -0.4 is 0 Å². The van der Waals surface area contributed by atoms with Gasteiger partial charge >= 0.3 is 5.97 Å². The lowest BCUT2D eigenvalue weighted by Crippen LogP contribution is -2.49. The van der Waals surface area contributed by atoms with Crippen molar-refractivity contribution in [3.8, 4) is 0 Å². The molecule has 2 heterocycles. The Balaban J connectivity index is 1.51. The van der Waals surface area contributed by atoms with Crippen molar-refractivity contribution in [3.05, 3.63) is 46.0 Å². The molecule has 1 spiro atoms. The summed E-state index contributed by atoms with van der Waals surface area (Å²) in [5.41, 5.74) is 3.61. The number of hydrogen-bond acceptors (Lipinski definition) is 5. The summed E-state index contributed by atoms with van der Waals surface area (Å²) in [6.07, 6.45) is 7.19. The molecule has 31 heavy (non-hydrogen) atoms. The van der Waals surface area contributed by atoms with Gasteiger partial charge in [-0.25, -0.2) is 9.18 Å². The molecule has 2 aliphatic heterocycles. The third kappa shape index (κ3) is 2.75. The number of aliphatic hydroxyl groups is 1. The molecule has 3 aliphatic carbocycles. The van der Waals surface area contributed by atoms with E-state index in [1.807, 2.05) is 6.92 Å². The second-order valence-corrected chi connectivity index (χ2v) is 9.24. The Hall–Kier alpha value is -2.54. The van der Waals surface area contributed by atoms with Gasteiger partial charge in [-0.05, 0) is 61.3 Å². The molecule has 0 aromatic heterocycles. The third-order valence-corrected chi connectivity index (χ3v) is 7.95. The summed E-state index contributed by atoms with van der Waals surface area (Å²) >= 11 is 0. The van der Waals surface area contributed by atoms with Crippen LogP contribution in [0.1, 0.15) is 39.5 Å². The molecule has 5 aliphatic rings. The highest BCUT2D eigenvalue weighted by Crippen LogP contribution is 2.74. The smallest absolute Gasteiger partial charge is 0.339 e. The van der Waals surface area contributed by atoms with Crippen molar-refractivity contribution in [1.29, 1.82) is 0 Å². The fraction of sp³-hybridized carbons (Fsp3) is 0.542. The number of nitrogens with zero attached hydrogens (tertiary/aromatic N) is 2. The van der Waals surface area contributed by atoms with Crippen LogP contribution in [-0.4, -0.2) is 53.9 Å². The van der Waals surface area contributed by atoms with Gasteiger partial charge in [-0.15, -0.1) is 0 Å². The standard InChI is InChI=1S/C24H27FN2O4/c1-4-13-6-5-7-24-12(2)19(24)17(25)9-18(20(13)24)26-10-14-8-15-16(22(29)27(14)3)11-31-23(30)21(15)28/h4,9-10,12,14,19,21,28H,5-8,11H2,1-3H3/b13-4+,26-10?/t12?,14?,19-,21?,24?/m0/s1. The van der Waals surface area contributed by atoms with Gasteiger partial charge in [-0.3, -0.25) is 9.79 Å². The van der Waals surface area contributed by atoms with E-state index in [0.29, 0.717) is 23.3 Å². The lowest BCUT2D eigenvalue weighted by atomic mass is 9.72. The van der Waals surface area contributed by atoms with Crippen LogP contribution in [0.15, 0.2) is 51.0 Å². The van der Waals surface area contributed by atoms with E-state index in [1.54, 1.807) is 19.3 Å². The molecule has 0 radical (unpaired) electrons. The molecule has 1 amide bonds. The quantitative estimate of drug-likeness (QED) is 0.544. The first-order valence-electron chi connectivity index (χ1n) is 11.0. The first kappa shape index (κ1) is 20.4. The molecular formula is C24H27FN2O4. The molecule has 7 heteroatoms. The largest absolute Gasteiger partial charge is 0.458 e. The van der Waals surface area contributed by atoms with Crippen LogP contribution in [0, 0.1) is 17.3 Å².